The fourth-order valence-electron chi connectivity index (χ4n) is 2.08. The van der Waals surface area contributed by atoms with Gasteiger partial charge in [-0.15, -0.1) is 0 Å². The summed E-state index contributed by atoms with van der Waals surface area (Å²) in [5.74, 6) is -0.593. The summed E-state index contributed by atoms with van der Waals surface area (Å²) in [5, 5.41) is -0.00606. The van der Waals surface area contributed by atoms with Crippen molar-refractivity contribution in [3.05, 3.63) is 56.4 Å². The minimum absolute atomic E-state index is 0.00606. The summed E-state index contributed by atoms with van der Waals surface area (Å²) < 4.78 is 34.4. The van der Waals surface area contributed by atoms with Crippen LogP contribution < -0.4 is 10.5 Å². The van der Waals surface area contributed by atoms with Gasteiger partial charge in [-0.25, -0.2) is 13.2 Å². The number of oxazole rings is 1. The van der Waals surface area contributed by atoms with Gasteiger partial charge in [-0.2, -0.15) is 0 Å². The van der Waals surface area contributed by atoms with Gasteiger partial charge in [0, 0.05) is 17.6 Å². The number of fused-ring (bicyclic) bond motifs is 1. The van der Waals surface area contributed by atoms with Crippen LogP contribution in [0.4, 0.5) is 5.69 Å². The van der Waals surface area contributed by atoms with Crippen molar-refractivity contribution in [1.82, 2.24) is 4.57 Å². The molecule has 0 aliphatic carbocycles. The zero-order chi connectivity index (χ0) is 16.8. The molecule has 23 heavy (non-hydrogen) atoms. The molecule has 9 heteroatoms. The second-order valence-electron chi connectivity index (χ2n) is 4.76. The van der Waals surface area contributed by atoms with Crippen LogP contribution in [-0.4, -0.2) is 13.0 Å². The van der Waals surface area contributed by atoms with Crippen LogP contribution in [0.25, 0.3) is 11.1 Å². The SMILES string of the molecule is Cn1c(=O)oc2cc(S(=O)(=O)Nc3ccccc3Br)c(Cl)cc21. The van der Waals surface area contributed by atoms with Crippen molar-refractivity contribution in [3.63, 3.8) is 0 Å². The fraction of sp³-hybridized carbons (Fsp3) is 0.0714. The molecule has 0 amide bonds. The fourth-order valence-corrected chi connectivity index (χ4v) is 4.21. The van der Waals surface area contributed by atoms with Gasteiger partial charge in [0.1, 0.15) is 4.90 Å². The lowest BCUT2D eigenvalue weighted by molar-refractivity contribution is 0.527. The summed E-state index contributed by atoms with van der Waals surface area (Å²) in [7, 11) is -2.43. The summed E-state index contributed by atoms with van der Waals surface area (Å²) in [6.45, 7) is 0. The molecule has 0 unspecified atom stereocenters. The highest BCUT2D eigenvalue weighted by Gasteiger charge is 2.22. The lowest BCUT2D eigenvalue weighted by atomic mass is 10.3. The Kier molecular flexibility index (Phi) is 3.99. The molecule has 0 bridgehead atoms. The van der Waals surface area contributed by atoms with E-state index in [-0.39, 0.29) is 15.5 Å². The minimum atomic E-state index is -3.94. The molecule has 6 nitrogen and oxygen atoms in total. The highest BCUT2D eigenvalue weighted by molar-refractivity contribution is 9.10. The first-order valence-corrected chi connectivity index (χ1v) is 9.01. The molecule has 0 saturated heterocycles. The Labute approximate surface area is 144 Å². The van der Waals surface area contributed by atoms with Gasteiger partial charge in [0.15, 0.2) is 5.58 Å². The standard InChI is InChI=1S/C14H10BrClN2O4S/c1-18-11-6-9(16)13(7-12(11)22-14(18)19)23(20,21)17-10-5-3-2-4-8(10)15/h2-7,17H,1H3. The van der Waals surface area contributed by atoms with Gasteiger partial charge < -0.3 is 4.42 Å². The smallest absolute Gasteiger partial charge is 0.408 e. The third kappa shape index (κ3) is 2.89. The molecule has 1 heterocycles. The summed E-state index contributed by atoms with van der Waals surface area (Å²) >= 11 is 9.36. The summed E-state index contributed by atoms with van der Waals surface area (Å²) in [5.41, 5.74) is 0.937. The molecule has 0 radical (unpaired) electrons. The quantitative estimate of drug-likeness (QED) is 0.708. The van der Waals surface area contributed by atoms with E-state index in [1.54, 1.807) is 24.3 Å². The van der Waals surface area contributed by atoms with Gasteiger partial charge in [0.05, 0.1) is 16.2 Å². The Balaban J connectivity index is 2.13. The predicted molar refractivity (Wildman–Crippen MR) is 91.4 cm³/mol. The summed E-state index contributed by atoms with van der Waals surface area (Å²) in [4.78, 5) is 11.4. The molecule has 0 aliphatic rings. The van der Waals surface area contributed by atoms with Crippen molar-refractivity contribution in [1.29, 1.82) is 0 Å². The Hall–Kier alpha value is -1.77. The van der Waals surface area contributed by atoms with Crippen LogP contribution in [-0.2, 0) is 17.1 Å². The Morgan fingerprint density at radius 2 is 1.96 bits per heavy atom. The number of nitrogens with one attached hydrogen (secondary N) is 1. The van der Waals surface area contributed by atoms with Gasteiger partial charge >= 0.3 is 5.76 Å². The third-order valence-electron chi connectivity index (χ3n) is 3.25. The number of aromatic nitrogens is 1. The molecular formula is C14H10BrClN2O4S. The highest BCUT2D eigenvalue weighted by Crippen LogP contribution is 2.30. The first-order chi connectivity index (χ1) is 10.8. The van der Waals surface area contributed by atoms with Crippen LogP contribution in [0.1, 0.15) is 0 Å². The Morgan fingerprint density at radius 3 is 2.65 bits per heavy atom. The van der Waals surface area contributed by atoms with E-state index >= 15 is 0 Å². The van der Waals surface area contributed by atoms with Crippen molar-refractivity contribution in [2.24, 2.45) is 7.05 Å². The molecule has 0 atom stereocenters. The zero-order valence-electron chi connectivity index (χ0n) is 11.7. The van der Waals surface area contributed by atoms with Crippen molar-refractivity contribution in [2.75, 3.05) is 4.72 Å². The minimum Gasteiger partial charge on any atom is -0.408 e. The lowest BCUT2D eigenvalue weighted by Gasteiger charge is -2.10. The maximum absolute atomic E-state index is 12.6. The van der Waals surface area contributed by atoms with Gasteiger partial charge in [0.25, 0.3) is 10.0 Å². The molecule has 1 N–H and O–H groups in total. The van der Waals surface area contributed by atoms with Crippen molar-refractivity contribution < 1.29 is 12.8 Å². The summed E-state index contributed by atoms with van der Waals surface area (Å²) in [6, 6.07) is 9.40. The number of para-hydroxylation sites is 1. The number of nitrogens with zero attached hydrogens (tertiary/aromatic N) is 1. The number of sulfonamides is 1. The molecule has 120 valence electrons. The van der Waals surface area contributed by atoms with E-state index < -0.39 is 15.8 Å². The molecule has 3 rings (SSSR count). The van der Waals surface area contributed by atoms with E-state index in [0.29, 0.717) is 15.7 Å². The molecular weight excluding hydrogens is 408 g/mol. The monoisotopic (exact) mass is 416 g/mol. The van der Waals surface area contributed by atoms with E-state index in [1.807, 2.05) is 0 Å². The van der Waals surface area contributed by atoms with Gasteiger partial charge in [-0.3, -0.25) is 9.29 Å². The van der Waals surface area contributed by atoms with E-state index in [4.69, 9.17) is 16.0 Å². The van der Waals surface area contributed by atoms with Crippen LogP contribution in [0, 0.1) is 0 Å². The number of rotatable bonds is 3. The molecule has 0 saturated carbocycles. The zero-order valence-corrected chi connectivity index (χ0v) is 14.9. The average molecular weight is 418 g/mol. The van der Waals surface area contributed by atoms with Crippen molar-refractivity contribution >= 4 is 54.3 Å². The molecule has 2 aromatic carbocycles. The number of anilines is 1. The van der Waals surface area contributed by atoms with Crippen LogP contribution in [0.5, 0.6) is 0 Å². The topological polar surface area (TPSA) is 81.3 Å². The first-order valence-electron chi connectivity index (χ1n) is 6.36. The third-order valence-corrected chi connectivity index (χ3v) is 5.78. The van der Waals surface area contributed by atoms with Crippen LogP contribution >= 0.6 is 27.5 Å². The average Bonchev–Trinajstić information content (AvgIpc) is 2.76. The van der Waals surface area contributed by atoms with Gasteiger partial charge in [-0.1, -0.05) is 23.7 Å². The molecule has 0 fully saturated rings. The second kappa shape index (κ2) is 5.70. The number of hydrogen-bond donors (Lipinski definition) is 1. The van der Waals surface area contributed by atoms with E-state index in [2.05, 4.69) is 20.7 Å². The van der Waals surface area contributed by atoms with E-state index in [1.165, 1.54) is 23.7 Å². The number of benzene rings is 2. The Morgan fingerprint density at radius 1 is 1.26 bits per heavy atom. The predicted octanol–water partition coefficient (Wildman–Crippen LogP) is 3.35. The lowest BCUT2D eigenvalue weighted by Crippen LogP contribution is -2.14. The summed E-state index contributed by atoms with van der Waals surface area (Å²) in [6.07, 6.45) is 0. The molecule has 0 aliphatic heterocycles. The van der Waals surface area contributed by atoms with Crippen LogP contribution in [0.3, 0.4) is 0 Å². The van der Waals surface area contributed by atoms with E-state index in [0.717, 1.165) is 0 Å². The number of aryl methyl sites for hydroxylation is 1. The van der Waals surface area contributed by atoms with Gasteiger partial charge in [0.2, 0.25) is 0 Å². The van der Waals surface area contributed by atoms with E-state index in [9.17, 15) is 13.2 Å². The first kappa shape index (κ1) is 16.1. The molecule has 3 aromatic rings. The maximum atomic E-state index is 12.6. The number of hydrogen-bond acceptors (Lipinski definition) is 4. The largest absolute Gasteiger partial charge is 0.419 e. The normalized spacial score (nSPS) is 11.8. The van der Waals surface area contributed by atoms with Crippen LogP contribution in [0.15, 0.2) is 55.0 Å². The van der Waals surface area contributed by atoms with Crippen molar-refractivity contribution in [3.8, 4) is 0 Å². The molecule has 1 aromatic heterocycles. The van der Waals surface area contributed by atoms with Gasteiger partial charge in [-0.05, 0) is 34.1 Å². The molecule has 0 spiro atoms. The maximum Gasteiger partial charge on any atom is 0.419 e. The second-order valence-corrected chi connectivity index (χ2v) is 7.68. The Bertz CT molecular complexity index is 1070. The number of halogens is 2. The highest BCUT2D eigenvalue weighted by atomic mass is 79.9. The van der Waals surface area contributed by atoms with Crippen LogP contribution in [0.2, 0.25) is 5.02 Å². The van der Waals surface area contributed by atoms with Crippen molar-refractivity contribution in [2.45, 2.75) is 4.90 Å².